The zero-order valence-corrected chi connectivity index (χ0v) is 20.3. The molecule has 2 aliphatic rings. The van der Waals surface area contributed by atoms with Crippen molar-refractivity contribution in [2.45, 2.75) is 45.8 Å². The standard InChI is InChI=1S/C25H26ClN3O3S/c1-14-5-7-27-12-21(14)32-24-15(2)9-16(26)10-19(24)18-6-8-28-20-11-17(33-25(18)20)13-29-22(30)3-4-23(29)31/h6,8-11,14,21,27H,3-5,7,12-13H2,1-2H3/t14-,21-/m1/s1. The van der Waals surface area contributed by atoms with E-state index in [1.165, 1.54) is 4.90 Å². The number of carbonyl (C=O) groups excluding carboxylic acids is 2. The first-order valence-corrected chi connectivity index (χ1v) is 12.5. The average Bonchev–Trinajstić information content (AvgIpc) is 3.34. The summed E-state index contributed by atoms with van der Waals surface area (Å²) in [4.78, 5) is 31.0. The Balaban J connectivity index is 1.55. The minimum atomic E-state index is -0.109. The maximum atomic E-state index is 12.1. The number of fused-ring (bicyclic) bond motifs is 1. The zero-order chi connectivity index (χ0) is 23.1. The third kappa shape index (κ3) is 4.37. The van der Waals surface area contributed by atoms with E-state index in [1.54, 1.807) is 17.5 Å². The molecule has 2 saturated heterocycles. The quantitative estimate of drug-likeness (QED) is 0.520. The number of halogens is 1. The number of imide groups is 1. The van der Waals surface area contributed by atoms with E-state index in [4.69, 9.17) is 16.3 Å². The maximum absolute atomic E-state index is 12.1. The Hall–Kier alpha value is -2.48. The van der Waals surface area contributed by atoms with Crippen molar-refractivity contribution in [3.8, 4) is 16.9 Å². The van der Waals surface area contributed by atoms with Crippen LogP contribution in [0.1, 0.15) is 36.6 Å². The van der Waals surface area contributed by atoms with Crippen molar-refractivity contribution in [2.75, 3.05) is 13.1 Å². The molecule has 3 aromatic rings. The van der Waals surface area contributed by atoms with Crippen LogP contribution < -0.4 is 10.1 Å². The normalized spacial score (nSPS) is 21.2. The van der Waals surface area contributed by atoms with Gasteiger partial charge < -0.3 is 10.1 Å². The lowest BCUT2D eigenvalue weighted by molar-refractivity contribution is -0.138. The van der Waals surface area contributed by atoms with E-state index >= 15 is 0 Å². The predicted octanol–water partition coefficient (Wildman–Crippen LogP) is 4.95. The van der Waals surface area contributed by atoms with Gasteiger partial charge in [-0.15, -0.1) is 11.3 Å². The number of nitrogens with one attached hydrogen (secondary N) is 1. The van der Waals surface area contributed by atoms with Crippen LogP contribution in [0.15, 0.2) is 30.5 Å². The Morgan fingerprint density at radius 3 is 2.76 bits per heavy atom. The van der Waals surface area contributed by atoms with Crippen LogP contribution in [0.2, 0.25) is 5.02 Å². The molecule has 2 fully saturated rings. The minimum absolute atomic E-state index is 0.0841. The third-order valence-electron chi connectivity index (χ3n) is 6.49. The lowest BCUT2D eigenvalue weighted by Gasteiger charge is -2.31. The molecule has 0 aliphatic carbocycles. The van der Waals surface area contributed by atoms with E-state index in [0.29, 0.717) is 30.3 Å². The first kappa shape index (κ1) is 22.3. The zero-order valence-electron chi connectivity index (χ0n) is 18.7. The van der Waals surface area contributed by atoms with Crippen LogP contribution in [0.5, 0.6) is 5.75 Å². The summed E-state index contributed by atoms with van der Waals surface area (Å²) in [6.07, 6.45) is 3.54. The fourth-order valence-electron chi connectivity index (χ4n) is 4.59. The molecule has 0 unspecified atom stereocenters. The van der Waals surface area contributed by atoms with Crippen molar-refractivity contribution in [1.82, 2.24) is 15.2 Å². The molecule has 0 radical (unpaired) electrons. The highest BCUT2D eigenvalue weighted by Gasteiger charge is 2.30. The molecular weight excluding hydrogens is 458 g/mol. The van der Waals surface area contributed by atoms with Gasteiger partial charge in [-0.1, -0.05) is 18.5 Å². The molecule has 1 N–H and O–H groups in total. The monoisotopic (exact) mass is 483 g/mol. The van der Waals surface area contributed by atoms with Gasteiger partial charge in [-0.3, -0.25) is 19.5 Å². The fourth-order valence-corrected chi connectivity index (χ4v) is 5.99. The van der Waals surface area contributed by atoms with E-state index in [2.05, 4.69) is 17.2 Å². The SMILES string of the molecule is Cc1cc(Cl)cc(-c2ccnc3cc(CN4C(=O)CCC4=O)sc23)c1O[C@@H]1CNCC[C@H]1C. The van der Waals surface area contributed by atoms with Crippen molar-refractivity contribution in [2.24, 2.45) is 5.92 Å². The second kappa shape index (κ2) is 9.05. The van der Waals surface area contributed by atoms with Crippen LogP contribution in [-0.4, -0.2) is 40.9 Å². The highest BCUT2D eigenvalue weighted by Crippen LogP contribution is 2.42. The first-order valence-electron chi connectivity index (χ1n) is 11.3. The number of rotatable bonds is 5. The van der Waals surface area contributed by atoms with Gasteiger partial charge in [-0.2, -0.15) is 0 Å². The Bertz CT molecular complexity index is 1230. The van der Waals surface area contributed by atoms with E-state index in [1.807, 2.05) is 31.2 Å². The molecule has 0 spiro atoms. The smallest absolute Gasteiger partial charge is 0.230 e. The van der Waals surface area contributed by atoms with Gasteiger partial charge >= 0.3 is 0 Å². The van der Waals surface area contributed by atoms with Gasteiger partial charge in [0.1, 0.15) is 11.9 Å². The molecular formula is C25H26ClN3O3S. The summed E-state index contributed by atoms with van der Waals surface area (Å²) < 4.78 is 7.59. The molecule has 2 atom stereocenters. The van der Waals surface area contributed by atoms with Crippen LogP contribution >= 0.6 is 22.9 Å². The summed E-state index contributed by atoms with van der Waals surface area (Å²) in [5, 5.41) is 4.08. The van der Waals surface area contributed by atoms with E-state index in [9.17, 15) is 9.59 Å². The van der Waals surface area contributed by atoms with Crippen LogP contribution in [-0.2, 0) is 16.1 Å². The van der Waals surface area contributed by atoms with Gasteiger partial charge in [0.25, 0.3) is 0 Å². The van der Waals surface area contributed by atoms with Crippen LogP contribution in [0, 0.1) is 12.8 Å². The van der Waals surface area contributed by atoms with Gasteiger partial charge in [0, 0.05) is 46.6 Å². The van der Waals surface area contributed by atoms with Gasteiger partial charge in [-0.05, 0) is 55.6 Å². The minimum Gasteiger partial charge on any atom is -0.488 e. The van der Waals surface area contributed by atoms with Crippen molar-refractivity contribution in [1.29, 1.82) is 0 Å². The molecule has 6 nitrogen and oxygen atoms in total. The second-order valence-corrected chi connectivity index (χ2v) is 10.5. The lowest BCUT2D eigenvalue weighted by Crippen LogP contribution is -2.43. The van der Waals surface area contributed by atoms with Gasteiger partial charge in [0.2, 0.25) is 11.8 Å². The number of likely N-dealkylation sites (tertiary alicyclic amines) is 1. The number of nitrogens with zero attached hydrogens (tertiary/aromatic N) is 2. The van der Waals surface area contributed by atoms with Crippen LogP contribution in [0.3, 0.4) is 0 Å². The number of pyridine rings is 1. The molecule has 8 heteroatoms. The molecule has 2 aromatic heterocycles. The molecule has 0 bridgehead atoms. The van der Waals surface area contributed by atoms with Crippen LogP contribution in [0.25, 0.3) is 21.3 Å². The molecule has 33 heavy (non-hydrogen) atoms. The summed E-state index contributed by atoms with van der Waals surface area (Å²) >= 11 is 8.04. The number of aromatic nitrogens is 1. The number of carbonyl (C=O) groups is 2. The number of amides is 2. The number of ether oxygens (including phenoxy) is 1. The molecule has 172 valence electrons. The summed E-state index contributed by atoms with van der Waals surface area (Å²) in [7, 11) is 0. The number of hydrogen-bond donors (Lipinski definition) is 1. The molecule has 1 aromatic carbocycles. The number of thiophene rings is 1. The maximum Gasteiger partial charge on any atom is 0.230 e. The number of piperidine rings is 1. The Kier molecular flexibility index (Phi) is 6.12. The summed E-state index contributed by atoms with van der Waals surface area (Å²) in [6.45, 7) is 6.37. The third-order valence-corrected chi connectivity index (χ3v) is 7.85. The molecule has 2 aliphatic heterocycles. The van der Waals surface area contributed by atoms with Crippen molar-refractivity contribution >= 4 is 45.0 Å². The number of benzene rings is 1. The van der Waals surface area contributed by atoms with Crippen molar-refractivity contribution in [3.05, 3.63) is 45.9 Å². The highest BCUT2D eigenvalue weighted by molar-refractivity contribution is 7.19. The summed E-state index contributed by atoms with van der Waals surface area (Å²) in [5.41, 5.74) is 3.76. The largest absolute Gasteiger partial charge is 0.488 e. The first-order chi connectivity index (χ1) is 15.9. The molecule has 0 saturated carbocycles. The molecule has 5 rings (SSSR count). The Morgan fingerprint density at radius 1 is 1.21 bits per heavy atom. The topological polar surface area (TPSA) is 71.5 Å². The van der Waals surface area contributed by atoms with Gasteiger partial charge in [0.15, 0.2) is 0 Å². The molecule has 2 amide bonds. The lowest BCUT2D eigenvalue weighted by atomic mass is 9.96. The van der Waals surface area contributed by atoms with Crippen LogP contribution in [0.4, 0.5) is 0 Å². The number of hydrogen-bond acceptors (Lipinski definition) is 6. The average molecular weight is 484 g/mol. The number of aryl methyl sites for hydroxylation is 1. The highest BCUT2D eigenvalue weighted by atomic mass is 35.5. The second-order valence-electron chi connectivity index (χ2n) is 8.88. The van der Waals surface area contributed by atoms with Crippen molar-refractivity contribution in [3.63, 3.8) is 0 Å². The van der Waals surface area contributed by atoms with E-state index in [-0.39, 0.29) is 17.9 Å². The summed E-state index contributed by atoms with van der Waals surface area (Å²) in [6, 6.07) is 7.83. The van der Waals surface area contributed by atoms with E-state index in [0.717, 1.165) is 57.0 Å². The van der Waals surface area contributed by atoms with E-state index < -0.39 is 0 Å². The Labute approximate surface area is 201 Å². The van der Waals surface area contributed by atoms with Crippen molar-refractivity contribution < 1.29 is 14.3 Å². The predicted molar refractivity (Wildman–Crippen MR) is 131 cm³/mol. The van der Waals surface area contributed by atoms with Gasteiger partial charge in [0.05, 0.1) is 16.8 Å². The van der Waals surface area contributed by atoms with Gasteiger partial charge in [-0.25, -0.2) is 0 Å². The Morgan fingerprint density at radius 2 is 2.00 bits per heavy atom. The fraction of sp³-hybridized carbons (Fsp3) is 0.400. The summed E-state index contributed by atoms with van der Waals surface area (Å²) in [5.74, 6) is 1.08. The molecule has 4 heterocycles.